The van der Waals surface area contributed by atoms with E-state index in [0.29, 0.717) is 12.4 Å². The molecule has 0 aromatic carbocycles. The first kappa shape index (κ1) is 5.43. The molecule has 5 nitrogen and oxygen atoms in total. The van der Waals surface area contributed by atoms with Gasteiger partial charge in [-0.25, -0.2) is 5.01 Å². The van der Waals surface area contributed by atoms with Crippen LogP contribution in [0.5, 0.6) is 0 Å². The summed E-state index contributed by atoms with van der Waals surface area (Å²) >= 11 is 0. The van der Waals surface area contributed by atoms with Gasteiger partial charge in [0.05, 0.1) is 6.54 Å². The highest BCUT2D eigenvalue weighted by atomic mass is 16.6. The minimum atomic E-state index is 0.600. The standard InChI is InChI=1S/C5H6N4O/c10-9-5-3-1-2-4-8(5)6-7-9/h1-3,10H,4H2. The van der Waals surface area contributed by atoms with Crippen molar-refractivity contribution in [2.75, 3.05) is 6.54 Å². The zero-order valence-electron chi connectivity index (χ0n) is 5.18. The Bertz CT molecular complexity index is 232. The van der Waals surface area contributed by atoms with E-state index in [9.17, 15) is 0 Å². The molecule has 0 fully saturated rings. The van der Waals surface area contributed by atoms with Crippen molar-refractivity contribution >= 4 is 0 Å². The molecular formula is C5H6N4O. The number of rotatable bonds is 0. The minimum Gasteiger partial charge on any atom is -0.264 e. The van der Waals surface area contributed by atoms with Gasteiger partial charge in [0, 0.05) is 0 Å². The molecule has 0 aromatic heterocycles. The zero-order valence-corrected chi connectivity index (χ0v) is 5.18. The lowest BCUT2D eigenvalue weighted by Gasteiger charge is -2.15. The molecule has 0 amide bonds. The van der Waals surface area contributed by atoms with Gasteiger partial charge >= 0.3 is 0 Å². The Hall–Kier alpha value is -1.36. The van der Waals surface area contributed by atoms with Crippen LogP contribution in [0.25, 0.3) is 0 Å². The van der Waals surface area contributed by atoms with Crippen LogP contribution in [0.3, 0.4) is 0 Å². The number of hydroxylamine groups is 1. The van der Waals surface area contributed by atoms with Crippen LogP contribution in [0.2, 0.25) is 0 Å². The lowest BCUT2D eigenvalue weighted by molar-refractivity contribution is -0.0591. The highest BCUT2D eigenvalue weighted by molar-refractivity contribution is 5.15. The molecule has 0 spiro atoms. The van der Waals surface area contributed by atoms with E-state index < -0.39 is 0 Å². The van der Waals surface area contributed by atoms with E-state index in [-0.39, 0.29) is 0 Å². The largest absolute Gasteiger partial charge is 0.264 e. The van der Waals surface area contributed by atoms with Crippen molar-refractivity contribution in [2.45, 2.75) is 0 Å². The molecule has 2 aliphatic rings. The molecule has 0 atom stereocenters. The SMILES string of the molecule is ON1N=NN2CC=CC=C12. The second kappa shape index (κ2) is 1.81. The lowest BCUT2D eigenvalue weighted by atomic mass is 10.3. The third-order valence-electron chi connectivity index (χ3n) is 1.36. The quantitative estimate of drug-likeness (QED) is 0.535. The van der Waals surface area contributed by atoms with Gasteiger partial charge in [0.25, 0.3) is 0 Å². The molecule has 0 radical (unpaired) electrons. The molecule has 0 aliphatic carbocycles. The molecule has 0 bridgehead atoms. The minimum absolute atomic E-state index is 0.600. The number of fused-ring (bicyclic) bond motifs is 1. The summed E-state index contributed by atoms with van der Waals surface area (Å²) in [5.41, 5.74) is 0. The Morgan fingerprint density at radius 1 is 1.50 bits per heavy atom. The topological polar surface area (TPSA) is 51.4 Å². The van der Waals surface area contributed by atoms with Crippen LogP contribution in [-0.4, -0.2) is 21.9 Å². The third-order valence-corrected chi connectivity index (χ3v) is 1.36. The average Bonchev–Trinajstić information content (AvgIpc) is 2.34. The maximum Gasteiger partial charge on any atom is 0.179 e. The van der Waals surface area contributed by atoms with Crippen molar-refractivity contribution in [3.05, 3.63) is 24.0 Å². The van der Waals surface area contributed by atoms with Crippen LogP contribution in [0, 0.1) is 0 Å². The summed E-state index contributed by atoms with van der Waals surface area (Å²) in [7, 11) is 0. The van der Waals surface area contributed by atoms with Crippen molar-refractivity contribution in [2.24, 2.45) is 10.4 Å². The summed E-state index contributed by atoms with van der Waals surface area (Å²) < 4.78 is 0. The van der Waals surface area contributed by atoms with Crippen LogP contribution in [0.15, 0.2) is 34.5 Å². The van der Waals surface area contributed by atoms with Gasteiger partial charge in [0.1, 0.15) is 0 Å². The molecule has 1 N–H and O–H groups in total. The highest BCUT2D eigenvalue weighted by Crippen LogP contribution is 2.19. The molecule has 0 saturated carbocycles. The van der Waals surface area contributed by atoms with Gasteiger partial charge in [0.15, 0.2) is 5.82 Å². The smallest absolute Gasteiger partial charge is 0.179 e. The van der Waals surface area contributed by atoms with E-state index in [4.69, 9.17) is 5.21 Å². The Kier molecular flexibility index (Phi) is 0.983. The maximum absolute atomic E-state index is 8.95. The second-order valence-corrected chi connectivity index (χ2v) is 2.00. The molecule has 2 rings (SSSR count). The van der Waals surface area contributed by atoms with E-state index in [1.807, 2.05) is 12.2 Å². The van der Waals surface area contributed by atoms with Gasteiger partial charge in [-0.3, -0.25) is 5.21 Å². The van der Waals surface area contributed by atoms with Crippen molar-refractivity contribution in [1.82, 2.24) is 10.2 Å². The summed E-state index contributed by atoms with van der Waals surface area (Å²) in [4.78, 5) is 0. The summed E-state index contributed by atoms with van der Waals surface area (Å²) in [6, 6.07) is 0. The molecule has 2 aliphatic heterocycles. The van der Waals surface area contributed by atoms with Gasteiger partial charge in [0.2, 0.25) is 0 Å². The maximum atomic E-state index is 8.95. The molecule has 52 valence electrons. The van der Waals surface area contributed by atoms with Crippen LogP contribution in [-0.2, 0) is 0 Å². The fraction of sp³-hybridized carbons (Fsp3) is 0.200. The van der Waals surface area contributed by atoms with Gasteiger partial charge in [-0.1, -0.05) is 12.2 Å². The van der Waals surface area contributed by atoms with Crippen molar-refractivity contribution in [3.8, 4) is 0 Å². The number of hydrogen-bond donors (Lipinski definition) is 1. The molecule has 0 unspecified atom stereocenters. The van der Waals surface area contributed by atoms with E-state index in [1.54, 1.807) is 11.1 Å². The Morgan fingerprint density at radius 3 is 3.20 bits per heavy atom. The van der Waals surface area contributed by atoms with Crippen LogP contribution >= 0.6 is 0 Å². The van der Waals surface area contributed by atoms with Crippen molar-refractivity contribution in [3.63, 3.8) is 0 Å². The molecule has 0 saturated heterocycles. The molecule has 5 heteroatoms. The monoisotopic (exact) mass is 138 g/mol. The summed E-state index contributed by atoms with van der Waals surface area (Å²) in [5.74, 6) is 0.600. The van der Waals surface area contributed by atoms with E-state index >= 15 is 0 Å². The van der Waals surface area contributed by atoms with Gasteiger partial charge in [-0.15, -0.1) is 5.17 Å². The molecule has 0 aromatic rings. The Morgan fingerprint density at radius 2 is 2.40 bits per heavy atom. The first-order chi connectivity index (χ1) is 4.88. The first-order valence-corrected chi connectivity index (χ1v) is 2.93. The molecule has 10 heavy (non-hydrogen) atoms. The van der Waals surface area contributed by atoms with Crippen molar-refractivity contribution < 1.29 is 5.21 Å². The summed E-state index contributed by atoms with van der Waals surface area (Å²) in [6.45, 7) is 0.673. The predicted molar refractivity (Wildman–Crippen MR) is 32.4 cm³/mol. The van der Waals surface area contributed by atoms with Crippen molar-refractivity contribution in [1.29, 1.82) is 0 Å². The second-order valence-electron chi connectivity index (χ2n) is 2.00. The fourth-order valence-corrected chi connectivity index (χ4v) is 0.879. The summed E-state index contributed by atoms with van der Waals surface area (Å²) in [5, 5.41) is 18.4. The predicted octanol–water partition coefficient (Wildman–Crippen LogP) is 0.687. The van der Waals surface area contributed by atoms with Gasteiger partial charge in [-0.2, -0.15) is 0 Å². The van der Waals surface area contributed by atoms with E-state index in [1.165, 1.54) is 0 Å². The number of nitrogens with zero attached hydrogens (tertiary/aromatic N) is 4. The normalized spacial score (nSPS) is 21.5. The number of allylic oxidation sites excluding steroid dienone is 2. The number of hydrogen-bond acceptors (Lipinski definition) is 5. The molecule has 2 heterocycles. The van der Waals surface area contributed by atoms with E-state index in [2.05, 4.69) is 10.4 Å². The van der Waals surface area contributed by atoms with Gasteiger partial charge < -0.3 is 0 Å². The zero-order chi connectivity index (χ0) is 6.97. The Labute approximate surface area is 57.5 Å². The third kappa shape index (κ3) is 0.608. The Balaban J connectivity index is 2.32. The highest BCUT2D eigenvalue weighted by Gasteiger charge is 2.21. The summed E-state index contributed by atoms with van der Waals surface area (Å²) in [6.07, 6.45) is 5.52. The van der Waals surface area contributed by atoms with Crippen LogP contribution in [0.4, 0.5) is 0 Å². The first-order valence-electron chi connectivity index (χ1n) is 2.93. The van der Waals surface area contributed by atoms with Gasteiger partial charge in [-0.05, 0) is 16.5 Å². The average molecular weight is 138 g/mol. The lowest BCUT2D eigenvalue weighted by Crippen LogP contribution is -2.21. The fourth-order valence-electron chi connectivity index (χ4n) is 0.879. The van der Waals surface area contributed by atoms with Crippen LogP contribution in [0.1, 0.15) is 0 Å². The van der Waals surface area contributed by atoms with Crippen LogP contribution < -0.4 is 0 Å². The van der Waals surface area contributed by atoms with E-state index in [0.717, 1.165) is 5.17 Å². The molecular weight excluding hydrogens is 132 g/mol.